The molecule has 0 bridgehead atoms. The zero-order chi connectivity index (χ0) is 20.1. The van der Waals surface area contributed by atoms with E-state index in [9.17, 15) is 13.2 Å². The fourth-order valence-corrected chi connectivity index (χ4v) is 3.17. The predicted molar refractivity (Wildman–Crippen MR) is 90.0 cm³/mol. The minimum atomic E-state index is -4.64. The highest BCUT2D eigenvalue weighted by Gasteiger charge is 2.36. The van der Waals surface area contributed by atoms with Crippen LogP contribution < -0.4 is 0 Å². The number of alkyl halides is 3. The molecule has 142 valence electrons. The van der Waals surface area contributed by atoms with Gasteiger partial charge >= 0.3 is 6.18 Å². The summed E-state index contributed by atoms with van der Waals surface area (Å²) in [6.45, 7) is 3.55. The summed E-state index contributed by atoms with van der Waals surface area (Å²) >= 11 is 0. The summed E-state index contributed by atoms with van der Waals surface area (Å²) in [6, 6.07) is 5.56. The maximum Gasteiger partial charge on any atom is 0.418 e. The molecule has 0 aliphatic heterocycles. The van der Waals surface area contributed by atoms with Crippen LogP contribution >= 0.6 is 0 Å². The first-order chi connectivity index (χ1) is 13.3. The van der Waals surface area contributed by atoms with E-state index in [1.807, 2.05) is 0 Å². The van der Waals surface area contributed by atoms with Crippen molar-refractivity contribution >= 4 is 10.9 Å². The number of hydrogen-bond acceptors (Lipinski definition) is 6. The van der Waals surface area contributed by atoms with Crippen molar-refractivity contribution in [2.24, 2.45) is 0 Å². The summed E-state index contributed by atoms with van der Waals surface area (Å²) in [4.78, 5) is 4.29. The highest BCUT2D eigenvalue weighted by atomic mass is 19.4. The molecule has 4 aromatic rings. The van der Waals surface area contributed by atoms with Gasteiger partial charge in [-0.3, -0.25) is 0 Å². The molecule has 0 aliphatic rings. The monoisotopic (exact) mass is 387 g/mol. The van der Waals surface area contributed by atoms with E-state index in [-0.39, 0.29) is 23.6 Å². The molecular weight excluding hydrogens is 375 g/mol. The van der Waals surface area contributed by atoms with Gasteiger partial charge in [0.25, 0.3) is 5.89 Å². The van der Waals surface area contributed by atoms with Crippen molar-refractivity contribution in [3.05, 3.63) is 52.8 Å². The van der Waals surface area contributed by atoms with Crippen molar-refractivity contribution in [1.82, 2.24) is 19.9 Å². The molecule has 1 aromatic carbocycles. The standard InChI is InChI=1S/C18H12F3N5O2/c1-9-15(10(2)27-24-9)17-23-14(25-28-17)8-26-6-5-12-13(26)4-3-11(7-22)16(12)18(19,20)21/h3-6H,8H2,1-2H3. The molecule has 3 heterocycles. The molecule has 0 aliphatic carbocycles. The van der Waals surface area contributed by atoms with Crippen LogP contribution in [0.2, 0.25) is 0 Å². The minimum absolute atomic E-state index is 0.0546. The van der Waals surface area contributed by atoms with E-state index in [2.05, 4.69) is 15.3 Å². The molecule has 0 saturated heterocycles. The van der Waals surface area contributed by atoms with Crippen LogP contribution in [0.1, 0.15) is 28.4 Å². The Morgan fingerprint density at radius 3 is 2.57 bits per heavy atom. The fourth-order valence-electron chi connectivity index (χ4n) is 3.17. The highest BCUT2D eigenvalue weighted by molar-refractivity contribution is 5.86. The van der Waals surface area contributed by atoms with Gasteiger partial charge in [-0.25, -0.2) is 0 Å². The second-order valence-electron chi connectivity index (χ2n) is 6.19. The van der Waals surface area contributed by atoms with E-state index in [1.54, 1.807) is 24.5 Å². The number of nitrogens with zero attached hydrogens (tertiary/aromatic N) is 5. The highest BCUT2D eigenvalue weighted by Crippen LogP contribution is 2.37. The Labute approximate surface area is 156 Å². The summed E-state index contributed by atoms with van der Waals surface area (Å²) < 4.78 is 52.2. The van der Waals surface area contributed by atoms with Gasteiger partial charge in [0.15, 0.2) is 5.82 Å². The number of nitriles is 1. The number of fused-ring (bicyclic) bond motifs is 1. The second-order valence-corrected chi connectivity index (χ2v) is 6.19. The van der Waals surface area contributed by atoms with Gasteiger partial charge in [-0.05, 0) is 32.0 Å². The summed E-state index contributed by atoms with van der Waals surface area (Å²) in [5, 5.41) is 16.7. The van der Waals surface area contributed by atoms with Crippen LogP contribution in [-0.2, 0) is 12.7 Å². The van der Waals surface area contributed by atoms with Crippen molar-refractivity contribution in [2.75, 3.05) is 0 Å². The van der Waals surface area contributed by atoms with Crippen LogP contribution in [0.5, 0.6) is 0 Å². The molecule has 0 saturated carbocycles. The Kier molecular flexibility index (Phi) is 3.96. The topological polar surface area (TPSA) is 93.7 Å². The summed E-state index contributed by atoms with van der Waals surface area (Å²) in [7, 11) is 0. The third kappa shape index (κ3) is 2.81. The van der Waals surface area contributed by atoms with Gasteiger partial charge in [-0.1, -0.05) is 10.3 Å². The smallest absolute Gasteiger partial charge is 0.361 e. The first-order valence-electron chi connectivity index (χ1n) is 8.14. The van der Waals surface area contributed by atoms with E-state index in [0.717, 1.165) is 6.07 Å². The molecule has 4 rings (SSSR count). The average Bonchev–Trinajstić information content (AvgIpc) is 3.33. The number of hydrogen-bond donors (Lipinski definition) is 0. The van der Waals surface area contributed by atoms with Crippen molar-refractivity contribution in [3.8, 4) is 17.5 Å². The van der Waals surface area contributed by atoms with Crippen molar-refractivity contribution < 1.29 is 22.2 Å². The molecule has 0 amide bonds. The lowest BCUT2D eigenvalue weighted by molar-refractivity contribution is -0.136. The number of aryl methyl sites for hydroxylation is 2. The number of rotatable bonds is 3. The zero-order valence-electron chi connectivity index (χ0n) is 14.7. The Hall–Kier alpha value is -3.61. The molecular formula is C18H12F3N5O2. The van der Waals surface area contributed by atoms with Gasteiger partial charge in [-0.15, -0.1) is 0 Å². The Bertz CT molecular complexity index is 1210. The number of halogens is 3. The fraction of sp³-hybridized carbons (Fsp3) is 0.222. The van der Waals surface area contributed by atoms with Crippen LogP contribution in [0.15, 0.2) is 33.4 Å². The largest absolute Gasteiger partial charge is 0.418 e. The lowest BCUT2D eigenvalue weighted by Gasteiger charge is -2.11. The lowest BCUT2D eigenvalue weighted by Crippen LogP contribution is -2.09. The van der Waals surface area contributed by atoms with Gasteiger partial charge in [0.2, 0.25) is 0 Å². The average molecular weight is 387 g/mol. The minimum Gasteiger partial charge on any atom is -0.361 e. The van der Waals surface area contributed by atoms with Gasteiger partial charge < -0.3 is 13.6 Å². The Morgan fingerprint density at radius 2 is 1.93 bits per heavy atom. The maximum atomic E-state index is 13.4. The first-order valence-corrected chi connectivity index (χ1v) is 8.14. The molecule has 0 fully saturated rings. The van der Waals surface area contributed by atoms with E-state index in [0.29, 0.717) is 22.5 Å². The van der Waals surface area contributed by atoms with Crippen molar-refractivity contribution in [2.45, 2.75) is 26.6 Å². The van der Waals surface area contributed by atoms with E-state index in [4.69, 9.17) is 14.3 Å². The van der Waals surface area contributed by atoms with Crippen LogP contribution in [0.4, 0.5) is 13.2 Å². The molecule has 3 aromatic heterocycles. The molecule has 7 nitrogen and oxygen atoms in total. The second kappa shape index (κ2) is 6.23. The first kappa shape index (κ1) is 17.8. The SMILES string of the molecule is Cc1noc(C)c1-c1nc(Cn2ccc3c(C(F)(F)F)c(C#N)ccc32)no1. The normalized spacial score (nSPS) is 11.9. The quantitative estimate of drug-likeness (QED) is 0.522. The molecule has 0 radical (unpaired) electrons. The maximum absolute atomic E-state index is 13.4. The van der Waals surface area contributed by atoms with Crippen LogP contribution in [-0.4, -0.2) is 19.9 Å². The number of benzene rings is 1. The molecule has 28 heavy (non-hydrogen) atoms. The Morgan fingerprint density at radius 1 is 1.14 bits per heavy atom. The van der Waals surface area contributed by atoms with Gasteiger partial charge in [0.1, 0.15) is 11.3 Å². The predicted octanol–water partition coefficient (Wildman–Crippen LogP) is 4.23. The van der Waals surface area contributed by atoms with Crippen LogP contribution in [0.3, 0.4) is 0 Å². The third-order valence-electron chi connectivity index (χ3n) is 4.38. The molecule has 0 atom stereocenters. The number of aromatic nitrogens is 4. The summed E-state index contributed by atoms with van der Waals surface area (Å²) in [5.74, 6) is 1.04. The van der Waals surface area contributed by atoms with Gasteiger partial charge in [0.05, 0.1) is 29.4 Å². The van der Waals surface area contributed by atoms with Gasteiger partial charge in [-0.2, -0.15) is 23.4 Å². The van der Waals surface area contributed by atoms with Gasteiger partial charge in [0, 0.05) is 17.1 Å². The van der Waals surface area contributed by atoms with Crippen LogP contribution in [0, 0.1) is 25.2 Å². The van der Waals surface area contributed by atoms with E-state index >= 15 is 0 Å². The van der Waals surface area contributed by atoms with Crippen molar-refractivity contribution in [3.63, 3.8) is 0 Å². The van der Waals surface area contributed by atoms with E-state index in [1.165, 1.54) is 18.3 Å². The Balaban J connectivity index is 1.73. The lowest BCUT2D eigenvalue weighted by atomic mass is 10.0. The molecule has 0 N–H and O–H groups in total. The summed E-state index contributed by atoms with van der Waals surface area (Å²) in [6.07, 6.45) is -3.15. The molecule has 10 heteroatoms. The molecule has 0 unspecified atom stereocenters. The van der Waals surface area contributed by atoms with Crippen LogP contribution in [0.25, 0.3) is 22.4 Å². The molecule has 0 spiro atoms. The third-order valence-corrected chi connectivity index (χ3v) is 4.38. The van der Waals surface area contributed by atoms with E-state index < -0.39 is 17.3 Å². The zero-order valence-corrected chi connectivity index (χ0v) is 14.7. The summed E-state index contributed by atoms with van der Waals surface area (Å²) in [5.41, 5.74) is 0.135. The van der Waals surface area contributed by atoms with Crippen molar-refractivity contribution in [1.29, 1.82) is 5.26 Å².